The molecule has 27 heavy (non-hydrogen) atoms. The van der Waals surface area contributed by atoms with Gasteiger partial charge in [-0.3, -0.25) is 4.68 Å². The van der Waals surface area contributed by atoms with Gasteiger partial charge in [0, 0.05) is 13.2 Å². The maximum absolute atomic E-state index is 12.2. The van der Waals surface area contributed by atoms with E-state index in [9.17, 15) is 9.59 Å². The lowest BCUT2D eigenvalue weighted by atomic mass is 10.2. The van der Waals surface area contributed by atoms with Crippen molar-refractivity contribution in [2.75, 3.05) is 40.1 Å². The number of carbonyl (C=O) groups is 2. The summed E-state index contributed by atoms with van der Waals surface area (Å²) in [7, 11) is 1.58. The minimum atomic E-state index is -0.622. The van der Waals surface area contributed by atoms with Crippen molar-refractivity contribution in [1.82, 2.24) is 9.78 Å². The lowest BCUT2D eigenvalue weighted by Gasteiger charge is -2.06. The highest BCUT2D eigenvalue weighted by Gasteiger charge is 2.21. The highest BCUT2D eigenvalue weighted by Crippen LogP contribution is 2.11. The van der Waals surface area contributed by atoms with Crippen LogP contribution in [0.1, 0.15) is 33.5 Å². The van der Waals surface area contributed by atoms with E-state index in [4.69, 9.17) is 18.9 Å². The zero-order valence-electron chi connectivity index (χ0n) is 15.6. The summed E-state index contributed by atoms with van der Waals surface area (Å²) < 4.78 is 21.7. The molecule has 0 N–H and O–H groups in total. The van der Waals surface area contributed by atoms with Gasteiger partial charge in [-0.05, 0) is 12.5 Å². The standard InChI is InChI=1S/C19H24N2O6/c1-3-26-19(23)17-13-16(18(22)27-12-11-25-10-9-24-2)20-21(17)14-15-7-5-4-6-8-15/h4-8,13H,3,9-12,14H2,1-2H3. The molecule has 8 nitrogen and oxygen atoms in total. The van der Waals surface area contributed by atoms with E-state index in [1.54, 1.807) is 14.0 Å². The number of esters is 2. The van der Waals surface area contributed by atoms with Crippen molar-refractivity contribution in [3.05, 3.63) is 53.3 Å². The minimum Gasteiger partial charge on any atom is -0.461 e. The van der Waals surface area contributed by atoms with Crippen LogP contribution in [0.25, 0.3) is 0 Å². The third-order valence-electron chi connectivity index (χ3n) is 3.54. The second-order valence-corrected chi connectivity index (χ2v) is 5.52. The Morgan fingerprint density at radius 2 is 1.74 bits per heavy atom. The van der Waals surface area contributed by atoms with E-state index < -0.39 is 11.9 Å². The molecule has 0 aliphatic rings. The first-order chi connectivity index (χ1) is 13.2. The summed E-state index contributed by atoms with van der Waals surface area (Å²) in [4.78, 5) is 24.4. The van der Waals surface area contributed by atoms with E-state index >= 15 is 0 Å². The first kappa shape index (κ1) is 20.6. The maximum Gasteiger partial charge on any atom is 0.358 e. The van der Waals surface area contributed by atoms with Crippen LogP contribution in [0.3, 0.4) is 0 Å². The fourth-order valence-corrected chi connectivity index (χ4v) is 2.27. The normalized spacial score (nSPS) is 10.6. The predicted molar refractivity (Wildman–Crippen MR) is 96.7 cm³/mol. The molecule has 0 atom stereocenters. The van der Waals surface area contributed by atoms with E-state index in [1.807, 2.05) is 30.3 Å². The lowest BCUT2D eigenvalue weighted by molar-refractivity contribution is 0.0209. The topological polar surface area (TPSA) is 88.9 Å². The lowest BCUT2D eigenvalue weighted by Crippen LogP contribution is -2.14. The average molecular weight is 376 g/mol. The van der Waals surface area contributed by atoms with Crippen LogP contribution in [0.2, 0.25) is 0 Å². The van der Waals surface area contributed by atoms with Crippen LogP contribution < -0.4 is 0 Å². The SMILES string of the molecule is CCOC(=O)c1cc(C(=O)OCCOCCOC)nn1Cc1ccccc1. The van der Waals surface area contributed by atoms with Gasteiger partial charge in [0.1, 0.15) is 12.3 Å². The van der Waals surface area contributed by atoms with E-state index in [0.717, 1.165) is 5.56 Å². The Bertz CT molecular complexity index is 729. The predicted octanol–water partition coefficient (Wildman–Crippen LogP) is 1.93. The molecule has 0 fully saturated rings. The molecule has 146 valence electrons. The molecule has 0 amide bonds. The van der Waals surface area contributed by atoms with E-state index in [0.29, 0.717) is 19.8 Å². The molecule has 8 heteroatoms. The molecule has 0 spiro atoms. The van der Waals surface area contributed by atoms with Gasteiger partial charge < -0.3 is 18.9 Å². The second-order valence-electron chi connectivity index (χ2n) is 5.52. The molecular weight excluding hydrogens is 352 g/mol. The minimum absolute atomic E-state index is 0.0471. The quantitative estimate of drug-likeness (QED) is 0.437. The van der Waals surface area contributed by atoms with Crippen molar-refractivity contribution < 1.29 is 28.5 Å². The monoisotopic (exact) mass is 376 g/mol. The van der Waals surface area contributed by atoms with Gasteiger partial charge in [0.25, 0.3) is 0 Å². The van der Waals surface area contributed by atoms with Crippen LogP contribution in [0.5, 0.6) is 0 Å². The third kappa shape index (κ3) is 6.50. The summed E-state index contributed by atoms with van der Waals surface area (Å²) in [5.74, 6) is -1.16. The van der Waals surface area contributed by atoms with Crippen LogP contribution in [-0.4, -0.2) is 61.9 Å². The average Bonchev–Trinajstić information content (AvgIpc) is 3.09. The molecule has 0 radical (unpaired) electrons. The summed E-state index contributed by atoms with van der Waals surface area (Å²) in [6.07, 6.45) is 0. The smallest absolute Gasteiger partial charge is 0.358 e. The van der Waals surface area contributed by atoms with Crippen molar-refractivity contribution in [1.29, 1.82) is 0 Å². The van der Waals surface area contributed by atoms with Crippen LogP contribution in [0, 0.1) is 0 Å². The Morgan fingerprint density at radius 1 is 1.00 bits per heavy atom. The number of hydrogen-bond donors (Lipinski definition) is 0. The van der Waals surface area contributed by atoms with Crippen molar-refractivity contribution in [2.45, 2.75) is 13.5 Å². The van der Waals surface area contributed by atoms with E-state index in [1.165, 1.54) is 10.7 Å². The van der Waals surface area contributed by atoms with Gasteiger partial charge in [0.15, 0.2) is 5.69 Å². The molecule has 0 saturated carbocycles. The highest BCUT2D eigenvalue weighted by atomic mass is 16.6. The first-order valence-electron chi connectivity index (χ1n) is 8.68. The Labute approximate surface area is 158 Å². The van der Waals surface area contributed by atoms with E-state index in [2.05, 4.69) is 5.10 Å². The highest BCUT2D eigenvalue weighted by molar-refractivity contribution is 5.93. The van der Waals surface area contributed by atoms with Gasteiger partial charge in [-0.25, -0.2) is 9.59 Å². The Hall–Kier alpha value is -2.71. The molecule has 0 saturated heterocycles. The molecular formula is C19H24N2O6. The number of methoxy groups -OCH3 is 1. The van der Waals surface area contributed by atoms with Crippen LogP contribution >= 0.6 is 0 Å². The summed E-state index contributed by atoms with van der Waals surface area (Å²) in [6, 6.07) is 10.9. The Morgan fingerprint density at radius 3 is 2.44 bits per heavy atom. The molecule has 1 aromatic carbocycles. The zero-order chi connectivity index (χ0) is 19.5. The second kappa shape index (κ2) is 11.1. The molecule has 2 rings (SSSR count). The van der Waals surface area contributed by atoms with Crippen LogP contribution in [0.15, 0.2) is 36.4 Å². The zero-order valence-corrected chi connectivity index (χ0v) is 15.6. The molecule has 2 aromatic rings. The van der Waals surface area contributed by atoms with E-state index in [-0.39, 0.29) is 31.2 Å². The van der Waals surface area contributed by atoms with Crippen LogP contribution in [0.4, 0.5) is 0 Å². The van der Waals surface area contributed by atoms with Crippen LogP contribution in [-0.2, 0) is 25.5 Å². The van der Waals surface area contributed by atoms with Crippen molar-refractivity contribution in [3.63, 3.8) is 0 Å². The molecule has 0 unspecified atom stereocenters. The fourth-order valence-electron chi connectivity index (χ4n) is 2.27. The summed E-state index contributed by atoms with van der Waals surface area (Å²) in [5.41, 5.74) is 1.19. The number of rotatable bonds is 11. The summed E-state index contributed by atoms with van der Waals surface area (Å²) >= 11 is 0. The molecule has 1 aromatic heterocycles. The van der Waals surface area contributed by atoms with Gasteiger partial charge in [-0.2, -0.15) is 5.10 Å². The Balaban J connectivity index is 2.04. The molecule has 0 bridgehead atoms. The number of benzene rings is 1. The van der Waals surface area contributed by atoms with Gasteiger partial charge in [0.2, 0.25) is 0 Å². The van der Waals surface area contributed by atoms with Gasteiger partial charge in [-0.1, -0.05) is 30.3 Å². The summed E-state index contributed by atoms with van der Waals surface area (Å²) in [6.45, 7) is 3.52. The van der Waals surface area contributed by atoms with Crippen molar-refractivity contribution in [3.8, 4) is 0 Å². The third-order valence-corrected chi connectivity index (χ3v) is 3.54. The van der Waals surface area contributed by atoms with Gasteiger partial charge >= 0.3 is 11.9 Å². The molecule has 0 aliphatic carbocycles. The number of carbonyl (C=O) groups excluding carboxylic acids is 2. The number of aromatic nitrogens is 2. The molecule has 0 aliphatic heterocycles. The first-order valence-corrected chi connectivity index (χ1v) is 8.68. The number of nitrogens with zero attached hydrogens (tertiary/aromatic N) is 2. The Kier molecular flexibility index (Phi) is 8.47. The maximum atomic E-state index is 12.2. The largest absolute Gasteiger partial charge is 0.461 e. The number of hydrogen-bond acceptors (Lipinski definition) is 7. The van der Waals surface area contributed by atoms with Crippen molar-refractivity contribution >= 4 is 11.9 Å². The fraction of sp³-hybridized carbons (Fsp3) is 0.421. The number of ether oxygens (including phenoxy) is 4. The van der Waals surface area contributed by atoms with Crippen molar-refractivity contribution in [2.24, 2.45) is 0 Å². The van der Waals surface area contributed by atoms with Gasteiger partial charge in [0.05, 0.1) is 33.0 Å². The summed E-state index contributed by atoms with van der Waals surface area (Å²) in [5, 5.41) is 4.22. The van der Waals surface area contributed by atoms with Gasteiger partial charge in [-0.15, -0.1) is 0 Å². The molecule has 1 heterocycles.